The van der Waals surface area contributed by atoms with E-state index in [9.17, 15) is 34.1 Å². The summed E-state index contributed by atoms with van der Waals surface area (Å²) in [6.07, 6.45) is -7.72. The molecule has 0 aliphatic carbocycles. The summed E-state index contributed by atoms with van der Waals surface area (Å²) in [5, 5.41) is 15.0. The van der Waals surface area contributed by atoms with E-state index in [1.807, 2.05) is 0 Å². The van der Waals surface area contributed by atoms with Gasteiger partial charge in [0.25, 0.3) is 0 Å². The third-order valence-electron chi connectivity index (χ3n) is 6.60. The molecule has 2 amide bonds. The minimum atomic E-state index is -1.73. The number of nitro benzene ring substituents is 1. The summed E-state index contributed by atoms with van der Waals surface area (Å²) >= 11 is 0. The molecule has 1 aromatic rings. The fourth-order valence-corrected chi connectivity index (χ4v) is 4.81. The highest BCUT2D eigenvalue weighted by atomic mass is 16.7. The van der Waals surface area contributed by atoms with Crippen molar-refractivity contribution < 1.29 is 62.1 Å². The molecule has 0 spiro atoms. The first kappa shape index (κ1) is 35.9. The Morgan fingerprint density at radius 2 is 1.52 bits per heavy atom. The fraction of sp³-hybridized carbons (Fsp3) is 0.607. The van der Waals surface area contributed by atoms with Crippen molar-refractivity contribution in [3.63, 3.8) is 0 Å². The molecule has 2 heterocycles. The molecule has 0 bridgehead atoms. The maximum absolute atomic E-state index is 13.1. The number of esters is 4. The SMILES string of the molecule is CC(=O)OC[C@H]1O[C@@H](Oc2cc(NC(=O)N3CCOCC3)c(CN(C)C)cc2[N+](=O)[O-])[C@H](OC(C)=O)[C@@H](OC(C)=O)[C@H]1OC(C)=O. The Morgan fingerprint density at radius 3 is 2.07 bits per heavy atom. The van der Waals surface area contributed by atoms with Crippen LogP contribution in [0, 0.1) is 10.1 Å². The lowest BCUT2D eigenvalue weighted by Gasteiger charge is -2.43. The second-order valence-electron chi connectivity index (χ2n) is 10.7. The summed E-state index contributed by atoms with van der Waals surface area (Å²) in [6, 6.07) is 1.97. The highest BCUT2D eigenvalue weighted by Crippen LogP contribution is 2.38. The summed E-state index contributed by atoms with van der Waals surface area (Å²) in [4.78, 5) is 75.9. The Kier molecular flexibility index (Phi) is 12.6. The predicted octanol–water partition coefficient (Wildman–Crippen LogP) is 0.982. The van der Waals surface area contributed by atoms with Gasteiger partial charge in [0.05, 0.1) is 23.8 Å². The molecule has 46 heavy (non-hydrogen) atoms. The second-order valence-corrected chi connectivity index (χ2v) is 10.7. The minimum absolute atomic E-state index is 0.177. The lowest BCUT2D eigenvalue weighted by Crippen LogP contribution is -2.63. The van der Waals surface area contributed by atoms with Gasteiger partial charge in [0.1, 0.15) is 12.7 Å². The third-order valence-corrected chi connectivity index (χ3v) is 6.60. The number of hydrogen-bond acceptors (Lipinski definition) is 15. The zero-order chi connectivity index (χ0) is 34.1. The molecule has 18 nitrogen and oxygen atoms in total. The first-order valence-electron chi connectivity index (χ1n) is 14.2. The second kappa shape index (κ2) is 16.1. The summed E-state index contributed by atoms with van der Waals surface area (Å²) in [5.41, 5.74) is 0.0257. The van der Waals surface area contributed by atoms with E-state index in [1.165, 1.54) is 17.0 Å². The number of nitro groups is 1. The van der Waals surface area contributed by atoms with Crippen LogP contribution in [0.1, 0.15) is 33.3 Å². The molecular weight excluding hydrogens is 616 g/mol. The quantitative estimate of drug-likeness (QED) is 0.152. The van der Waals surface area contributed by atoms with Crippen LogP contribution in [0.2, 0.25) is 0 Å². The zero-order valence-electron chi connectivity index (χ0n) is 26.3. The molecule has 0 saturated carbocycles. The van der Waals surface area contributed by atoms with Crippen molar-refractivity contribution in [2.75, 3.05) is 52.3 Å². The summed E-state index contributed by atoms with van der Waals surface area (Å²) in [5.74, 6) is -3.70. The van der Waals surface area contributed by atoms with Gasteiger partial charge >= 0.3 is 35.6 Å². The topological polar surface area (TPSA) is 212 Å². The number of morpholine rings is 1. The number of amides is 2. The van der Waals surface area contributed by atoms with Crippen LogP contribution in [-0.2, 0) is 54.1 Å². The Morgan fingerprint density at radius 1 is 0.935 bits per heavy atom. The van der Waals surface area contributed by atoms with E-state index in [2.05, 4.69) is 5.32 Å². The zero-order valence-corrected chi connectivity index (χ0v) is 26.3. The van der Waals surface area contributed by atoms with Crippen LogP contribution in [0.15, 0.2) is 12.1 Å². The highest BCUT2D eigenvalue weighted by Gasteiger charge is 2.53. The smallest absolute Gasteiger partial charge is 0.322 e. The van der Waals surface area contributed by atoms with Crippen molar-refractivity contribution in [3.05, 3.63) is 27.8 Å². The minimum Gasteiger partial charge on any atom is -0.463 e. The van der Waals surface area contributed by atoms with Crippen LogP contribution in [0.5, 0.6) is 5.75 Å². The highest BCUT2D eigenvalue weighted by molar-refractivity contribution is 5.91. The molecular formula is C28H38N4O14. The molecule has 2 aliphatic rings. The largest absolute Gasteiger partial charge is 0.463 e. The van der Waals surface area contributed by atoms with Gasteiger partial charge in [-0.25, -0.2) is 4.79 Å². The monoisotopic (exact) mass is 654 g/mol. The van der Waals surface area contributed by atoms with E-state index in [0.717, 1.165) is 27.7 Å². The van der Waals surface area contributed by atoms with Gasteiger partial charge < -0.3 is 48.3 Å². The maximum Gasteiger partial charge on any atom is 0.322 e. The number of nitrogens with one attached hydrogen (secondary N) is 1. The van der Waals surface area contributed by atoms with E-state index in [1.54, 1.807) is 19.0 Å². The summed E-state index contributed by atoms with van der Waals surface area (Å²) in [6.45, 7) is 5.31. The van der Waals surface area contributed by atoms with Crippen LogP contribution in [-0.4, -0.2) is 122 Å². The maximum atomic E-state index is 13.1. The lowest BCUT2D eigenvalue weighted by atomic mass is 9.98. The molecule has 2 saturated heterocycles. The van der Waals surface area contributed by atoms with Gasteiger partial charge in [-0.2, -0.15) is 0 Å². The number of anilines is 1. The lowest BCUT2D eigenvalue weighted by molar-refractivity contribution is -0.387. The van der Waals surface area contributed by atoms with Gasteiger partial charge in [0, 0.05) is 59.5 Å². The molecule has 1 aromatic carbocycles. The van der Waals surface area contributed by atoms with Gasteiger partial charge in [0.2, 0.25) is 18.1 Å². The number of carbonyl (C=O) groups is 5. The Bertz CT molecular complexity index is 1320. The van der Waals surface area contributed by atoms with Crippen LogP contribution < -0.4 is 10.1 Å². The van der Waals surface area contributed by atoms with Crippen molar-refractivity contribution in [1.82, 2.24) is 9.80 Å². The third kappa shape index (κ3) is 9.98. The first-order chi connectivity index (χ1) is 21.7. The van der Waals surface area contributed by atoms with E-state index in [0.29, 0.717) is 31.9 Å². The molecule has 18 heteroatoms. The van der Waals surface area contributed by atoms with Crippen LogP contribution >= 0.6 is 0 Å². The van der Waals surface area contributed by atoms with Gasteiger partial charge in [-0.1, -0.05) is 0 Å². The molecule has 0 aromatic heterocycles. The molecule has 2 aliphatic heterocycles. The Balaban J connectivity index is 2.11. The predicted molar refractivity (Wildman–Crippen MR) is 154 cm³/mol. The summed E-state index contributed by atoms with van der Waals surface area (Å²) < 4.78 is 38.4. The molecule has 3 rings (SSSR count). The molecule has 254 valence electrons. The van der Waals surface area contributed by atoms with Crippen molar-refractivity contribution in [2.45, 2.75) is 64.9 Å². The molecule has 2 fully saturated rings. The number of hydrogen-bond donors (Lipinski definition) is 1. The average molecular weight is 655 g/mol. The number of benzene rings is 1. The van der Waals surface area contributed by atoms with Gasteiger partial charge in [0.15, 0.2) is 12.2 Å². The van der Waals surface area contributed by atoms with Gasteiger partial charge in [-0.05, 0) is 19.7 Å². The van der Waals surface area contributed by atoms with E-state index in [4.69, 9.17) is 33.2 Å². The summed E-state index contributed by atoms with van der Waals surface area (Å²) in [7, 11) is 3.47. The molecule has 5 atom stereocenters. The number of urea groups is 1. The van der Waals surface area contributed by atoms with Crippen LogP contribution in [0.3, 0.4) is 0 Å². The number of carbonyl (C=O) groups excluding carboxylic acids is 5. The number of nitrogens with zero attached hydrogens (tertiary/aromatic N) is 3. The molecule has 0 unspecified atom stereocenters. The molecule has 0 radical (unpaired) electrons. The normalized spacial score (nSPS) is 22.8. The van der Waals surface area contributed by atoms with Gasteiger partial charge in [-0.15, -0.1) is 0 Å². The van der Waals surface area contributed by atoms with Crippen LogP contribution in [0.25, 0.3) is 0 Å². The fourth-order valence-electron chi connectivity index (χ4n) is 4.81. The average Bonchev–Trinajstić information content (AvgIpc) is 2.95. The van der Waals surface area contributed by atoms with Gasteiger partial charge in [-0.3, -0.25) is 29.3 Å². The number of rotatable bonds is 11. The molecule has 1 N–H and O–H groups in total. The number of ether oxygens (including phenoxy) is 7. The first-order valence-corrected chi connectivity index (χ1v) is 14.2. The van der Waals surface area contributed by atoms with E-state index in [-0.39, 0.29) is 12.2 Å². The van der Waals surface area contributed by atoms with E-state index < -0.39 is 83.6 Å². The van der Waals surface area contributed by atoms with Crippen molar-refractivity contribution in [1.29, 1.82) is 0 Å². The Labute approximate surface area is 264 Å². The standard InChI is InChI=1S/C28H38N4O14/c1-15(33)41-14-23-24(42-16(2)34)25(43-17(3)35)26(44-18(4)36)27(46-23)45-22-12-20(29-28(37)31-7-9-40-10-8-31)19(13-30(5)6)11-21(22)32(38)39/h11-12,23-27H,7-10,13-14H2,1-6H3,(H,29,37)/t23-,24+,25+,26-,27-/m1/s1. The van der Waals surface area contributed by atoms with Crippen LogP contribution in [0.4, 0.5) is 16.2 Å². The van der Waals surface area contributed by atoms with E-state index >= 15 is 0 Å². The van der Waals surface area contributed by atoms with Crippen molar-refractivity contribution in [3.8, 4) is 5.75 Å². The Hall–Kier alpha value is -4.55. The van der Waals surface area contributed by atoms with Crippen molar-refractivity contribution >= 4 is 41.3 Å². The van der Waals surface area contributed by atoms with Crippen molar-refractivity contribution in [2.24, 2.45) is 0 Å².